The number of aryl methyl sites for hydroxylation is 1. The van der Waals surface area contributed by atoms with Crippen molar-refractivity contribution in [2.24, 2.45) is 5.73 Å². The van der Waals surface area contributed by atoms with Crippen molar-refractivity contribution >= 4 is 11.6 Å². The van der Waals surface area contributed by atoms with Crippen molar-refractivity contribution in [2.45, 2.75) is 20.4 Å². The normalized spacial score (nSPS) is 10.3. The van der Waals surface area contributed by atoms with Crippen LogP contribution in [0.4, 0.5) is 10.1 Å². The fraction of sp³-hybridized carbons (Fsp3) is 0.214. The van der Waals surface area contributed by atoms with Gasteiger partial charge in [0.05, 0.1) is 12.2 Å². The molecule has 2 rings (SSSR count). The Morgan fingerprint density at radius 3 is 2.80 bits per heavy atom. The maximum absolute atomic E-state index is 13.7. The molecule has 0 unspecified atom stereocenters. The average molecular weight is 274 g/mol. The summed E-state index contributed by atoms with van der Waals surface area (Å²) in [6.07, 6.45) is 1.66. The van der Waals surface area contributed by atoms with Gasteiger partial charge < -0.3 is 11.1 Å². The summed E-state index contributed by atoms with van der Waals surface area (Å²) in [6, 6.07) is 4.44. The van der Waals surface area contributed by atoms with E-state index in [1.165, 1.54) is 6.07 Å². The topological polar surface area (TPSA) is 80.9 Å². The number of hydrogen-bond acceptors (Lipinski definition) is 4. The lowest BCUT2D eigenvalue weighted by atomic mass is 10.1. The third kappa shape index (κ3) is 3.09. The fourth-order valence-electron chi connectivity index (χ4n) is 1.79. The van der Waals surface area contributed by atoms with Crippen molar-refractivity contribution in [3.63, 3.8) is 0 Å². The van der Waals surface area contributed by atoms with E-state index in [0.717, 1.165) is 11.8 Å². The lowest BCUT2D eigenvalue weighted by Gasteiger charge is -2.11. The predicted octanol–water partition coefficient (Wildman–Crippen LogP) is 1.94. The number of nitrogens with zero attached hydrogens (tertiary/aromatic N) is 2. The van der Waals surface area contributed by atoms with Gasteiger partial charge in [-0.15, -0.1) is 0 Å². The summed E-state index contributed by atoms with van der Waals surface area (Å²) >= 11 is 0. The molecule has 2 aromatic rings. The minimum Gasteiger partial charge on any atom is -0.379 e. The van der Waals surface area contributed by atoms with Gasteiger partial charge in [0.1, 0.15) is 11.6 Å². The van der Waals surface area contributed by atoms with Crippen molar-refractivity contribution in [3.8, 4) is 0 Å². The van der Waals surface area contributed by atoms with Gasteiger partial charge in [-0.1, -0.05) is 0 Å². The first-order valence-corrected chi connectivity index (χ1v) is 6.09. The highest BCUT2D eigenvalue weighted by molar-refractivity contribution is 5.94. The quantitative estimate of drug-likeness (QED) is 0.892. The monoisotopic (exact) mass is 274 g/mol. The molecular weight excluding hydrogens is 259 g/mol. The Kier molecular flexibility index (Phi) is 3.93. The number of carbonyl (C=O) groups excluding carboxylic acids is 1. The molecule has 1 heterocycles. The van der Waals surface area contributed by atoms with Crippen LogP contribution >= 0.6 is 0 Å². The molecule has 6 heteroatoms. The van der Waals surface area contributed by atoms with E-state index in [1.54, 1.807) is 26.1 Å². The van der Waals surface area contributed by atoms with E-state index < -0.39 is 11.7 Å². The van der Waals surface area contributed by atoms with Gasteiger partial charge in [0.15, 0.2) is 0 Å². The minimum absolute atomic E-state index is 0.134. The number of carbonyl (C=O) groups is 1. The Morgan fingerprint density at radius 2 is 2.15 bits per heavy atom. The highest BCUT2D eigenvalue weighted by atomic mass is 19.1. The number of amides is 1. The second-order valence-electron chi connectivity index (χ2n) is 4.44. The van der Waals surface area contributed by atoms with Crippen LogP contribution in [0.3, 0.4) is 0 Å². The number of nitrogens with two attached hydrogens (primary N) is 1. The molecule has 5 nitrogen and oxygen atoms in total. The zero-order valence-electron chi connectivity index (χ0n) is 11.3. The Balaban J connectivity index is 2.23. The van der Waals surface area contributed by atoms with Gasteiger partial charge in [-0.2, -0.15) is 0 Å². The summed E-state index contributed by atoms with van der Waals surface area (Å²) in [5.74, 6) is -0.467. The molecule has 0 aliphatic heterocycles. The van der Waals surface area contributed by atoms with Crippen molar-refractivity contribution in [1.29, 1.82) is 0 Å². The lowest BCUT2D eigenvalue weighted by Crippen LogP contribution is -2.13. The lowest BCUT2D eigenvalue weighted by molar-refractivity contribution is 0.1000. The summed E-state index contributed by atoms with van der Waals surface area (Å²) in [5.41, 5.74) is 7.04. The van der Waals surface area contributed by atoms with Crippen molar-refractivity contribution in [1.82, 2.24) is 9.97 Å². The molecule has 0 radical (unpaired) electrons. The van der Waals surface area contributed by atoms with Crippen LogP contribution in [0.25, 0.3) is 0 Å². The van der Waals surface area contributed by atoms with E-state index in [1.807, 2.05) is 0 Å². The van der Waals surface area contributed by atoms with Crippen molar-refractivity contribution in [2.75, 3.05) is 5.32 Å². The van der Waals surface area contributed by atoms with Crippen LogP contribution in [0.15, 0.2) is 24.4 Å². The second-order valence-corrected chi connectivity index (χ2v) is 4.44. The molecule has 104 valence electrons. The van der Waals surface area contributed by atoms with Gasteiger partial charge in [0, 0.05) is 23.0 Å². The summed E-state index contributed by atoms with van der Waals surface area (Å²) in [7, 11) is 0. The molecule has 0 aliphatic rings. The number of halogens is 1. The largest absolute Gasteiger partial charge is 0.379 e. The van der Waals surface area contributed by atoms with Crippen LogP contribution in [0.2, 0.25) is 0 Å². The van der Waals surface area contributed by atoms with E-state index in [9.17, 15) is 9.18 Å². The van der Waals surface area contributed by atoms with Crippen LogP contribution in [0.1, 0.15) is 27.4 Å². The SMILES string of the molecule is Cc1nccc(CNc2cc(C(N)=O)cc(F)c2C)n1. The molecule has 0 fully saturated rings. The third-order valence-electron chi connectivity index (χ3n) is 2.92. The molecule has 0 spiro atoms. The predicted molar refractivity (Wildman–Crippen MR) is 73.8 cm³/mol. The number of aromatic nitrogens is 2. The molecule has 0 atom stereocenters. The first-order chi connectivity index (χ1) is 9.47. The standard InChI is InChI=1S/C14H15FN4O/c1-8-12(15)5-10(14(16)20)6-13(8)18-7-11-3-4-17-9(2)19-11/h3-6,18H,7H2,1-2H3,(H2,16,20). The van der Waals surface area contributed by atoms with E-state index in [2.05, 4.69) is 15.3 Å². The zero-order valence-corrected chi connectivity index (χ0v) is 11.3. The molecular formula is C14H15FN4O. The highest BCUT2D eigenvalue weighted by Crippen LogP contribution is 2.21. The minimum atomic E-state index is -0.662. The Bertz CT molecular complexity index is 658. The summed E-state index contributed by atoms with van der Waals surface area (Å²) < 4.78 is 13.7. The smallest absolute Gasteiger partial charge is 0.248 e. The number of anilines is 1. The number of benzene rings is 1. The maximum atomic E-state index is 13.7. The Labute approximate surface area is 116 Å². The summed E-state index contributed by atoms with van der Waals surface area (Å²) in [6.45, 7) is 3.83. The fourth-order valence-corrected chi connectivity index (χ4v) is 1.79. The molecule has 0 saturated carbocycles. The van der Waals surface area contributed by atoms with Crippen LogP contribution in [0.5, 0.6) is 0 Å². The number of rotatable bonds is 4. The third-order valence-corrected chi connectivity index (χ3v) is 2.92. The number of hydrogen-bond donors (Lipinski definition) is 2. The molecule has 1 aromatic carbocycles. The molecule has 3 N–H and O–H groups in total. The van der Waals surface area contributed by atoms with Crippen LogP contribution in [-0.2, 0) is 6.54 Å². The average Bonchev–Trinajstić information content (AvgIpc) is 2.40. The van der Waals surface area contributed by atoms with Gasteiger partial charge >= 0.3 is 0 Å². The zero-order chi connectivity index (χ0) is 14.7. The van der Waals surface area contributed by atoms with Crippen molar-refractivity contribution < 1.29 is 9.18 Å². The molecule has 1 amide bonds. The highest BCUT2D eigenvalue weighted by Gasteiger charge is 2.10. The van der Waals surface area contributed by atoms with Crippen LogP contribution in [0, 0.1) is 19.7 Å². The van der Waals surface area contributed by atoms with Gasteiger partial charge in [-0.25, -0.2) is 14.4 Å². The van der Waals surface area contributed by atoms with Crippen LogP contribution in [-0.4, -0.2) is 15.9 Å². The molecule has 0 aliphatic carbocycles. The van der Waals surface area contributed by atoms with Gasteiger partial charge in [-0.3, -0.25) is 4.79 Å². The van der Waals surface area contributed by atoms with E-state index >= 15 is 0 Å². The van der Waals surface area contributed by atoms with Gasteiger partial charge in [0.2, 0.25) is 5.91 Å². The van der Waals surface area contributed by atoms with Gasteiger partial charge in [0.25, 0.3) is 0 Å². The van der Waals surface area contributed by atoms with E-state index in [4.69, 9.17) is 5.73 Å². The molecule has 0 saturated heterocycles. The number of nitrogens with one attached hydrogen (secondary N) is 1. The first-order valence-electron chi connectivity index (χ1n) is 6.09. The number of primary amides is 1. The molecule has 0 bridgehead atoms. The molecule has 20 heavy (non-hydrogen) atoms. The van der Waals surface area contributed by atoms with E-state index in [-0.39, 0.29) is 5.56 Å². The van der Waals surface area contributed by atoms with E-state index in [0.29, 0.717) is 23.6 Å². The summed E-state index contributed by atoms with van der Waals surface area (Å²) in [5, 5.41) is 3.05. The molecule has 1 aromatic heterocycles. The Morgan fingerprint density at radius 1 is 1.40 bits per heavy atom. The first kappa shape index (κ1) is 13.9. The second kappa shape index (κ2) is 5.64. The van der Waals surface area contributed by atoms with Crippen LogP contribution < -0.4 is 11.1 Å². The Hall–Kier alpha value is -2.50. The van der Waals surface area contributed by atoms with Crippen molar-refractivity contribution in [3.05, 3.63) is 52.9 Å². The summed E-state index contributed by atoms with van der Waals surface area (Å²) in [4.78, 5) is 19.4. The van der Waals surface area contributed by atoms with Gasteiger partial charge in [-0.05, 0) is 32.0 Å². The maximum Gasteiger partial charge on any atom is 0.248 e.